The maximum Gasteiger partial charge on any atom is 0.258 e. The van der Waals surface area contributed by atoms with E-state index < -0.39 is 0 Å². The van der Waals surface area contributed by atoms with E-state index in [-0.39, 0.29) is 40.7 Å². The van der Waals surface area contributed by atoms with Crippen molar-refractivity contribution in [3.8, 4) is 5.75 Å². The number of aryl methyl sites for hydroxylation is 1. The summed E-state index contributed by atoms with van der Waals surface area (Å²) in [7, 11) is 0. The van der Waals surface area contributed by atoms with Crippen molar-refractivity contribution in [1.29, 1.82) is 0 Å². The summed E-state index contributed by atoms with van der Waals surface area (Å²) in [6.07, 6.45) is 1.69. The van der Waals surface area contributed by atoms with Gasteiger partial charge in [-0.25, -0.2) is 0 Å². The highest BCUT2D eigenvalue weighted by atomic mass is 35.5. The van der Waals surface area contributed by atoms with Crippen LogP contribution in [0.15, 0.2) is 42.5 Å². The van der Waals surface area contributed by atoms with Gasteiger partial charge in [0.2, 0.25) is 0 Å². The number of halogens is 2. The Morgan fingerprint density at radius 3 is 2.50 bits per heavy atom. The fourth-order valence-electron chi connectivity index (χ4n) is 2.52. The highest BCUT2D eigenvalue weighted by Crippen LogP contribution is 2.32. The average Bonchev–Trinajstić information content (AvgIpc) is 2.59. The van der Waals surface area contributed by atoms with Crippen LogP contribution in [0.3, 0.4) is 0 Å². The summed E-state index contributed by atoms with van der Waals surface area (Å²) in [6.45, 7) is 3.11. The first-order valence-electron chi connectivity index (χ1n) is 8.33. The lowest BCUT2D eigenvalue weighted by molar-refractivity contribution is -0.123. The van der Waals surface area contributed by atoms with Crippen LogP contribution in [0.2, 0.25) is 10.0 Å². The van der Waals surface area contributed by atoms with Crippen LogP contribution in [0.4, 0.5) is 0 Å². The van der Waals surface area contributed by atoms with Crippen molar-refractivity contribution in [3.05, 3.63) is 63.6 Å². The van der Waals surface area contributed by atoms with Crippen LogP contribution in [0.5, 0.6) is 5.75 Å². The number of hydrogen-bond acceptors (Lipinski definition) is 3. The minimum atomic E-state index is -0.272. The molecule has 26 heavy (non-hydrogen) atoms. The van der Waals surface area contributed by atoms with E-state index in [1.807, 2.05) is 25.1 Å². The van der Waals surface area contributed by atoms with E-state index >= 15 is 0 Å². The second kappa shape index (κ2) is 9.60. The Kier molecular flexibility index (Phi) is 7.49. The van der Waals surface area contributed by atoms with Crippen LogP contribution in [-0.2, 0) is 11.2 Å². The molecule has 0 unspecified atom stereocenters. The van der Waals surface area contributed by atoms with Crippen molar-refractivity contribution in [2.75, 3.05) is 6.61 Å². The predicted molar refractivity (Wildman–Crippen MR) is 104 cm³/mol. The third-order valence-corrected chi connectivity index (χ3v) is 4.35. The van der Waals surface area contributed by atoms with Crippen molar-refractivity contribution in [1.82, 2.24) is 5.32 Å². The number of ether oxygens (including phenoxy) is 1. The zero-order chi connectivity index (χ0) is 19.1. The number of benzene rings is 2. The Hall–Kier alpha value is -2.04. The molecule has 0 saturated heterocycles. The summed E-state index contributed by atoms with van der Waals surface area (Å²) in [4.78, 5) is 23.8. The van der Waals surface area contributed by atoms with Gasteiger partial charge in [0.15, 0.2) is 12.4 Å². The topological polar surface area (TPSA) is 55.4 Å². The molecule has 2 aromatic rings. The number of amides is 1. The van der Waals surface area contributed by atoms with Crippen LogP contribution >= 0.6 is 23.2 Å². The van der Waals surface area contributed by atoms with Crippen molar-refractivity contribution in [2.24, 2.45) is 0 Å². The van der Waals surface area contributed by atoms with Gasteiger partial charge >= 0.3 is 0 Å². The van der Waals surface area contributed by atoms with Crippen molar-refractivity contribution < 1.29 is 14.3 Å². The molecule has 0 bridgehead atoms. The van der Waals surface area contributed by atoms with E-state index in [4.69, 9.17) is 27.9 Å². The molecule has 0 aromatic heterocycles. The molecular formula is C20H21Cl2NO3. The molecule has 0 radical (unpaired) electrons. The number of carbonyl (C=O) groups excluding carboxylic acids is 2. The number of hydrogen-bond donors (Lipinski definition) is 1. The van der Waals surface area contributed by atoms with Crippen molar-refractivity contribution in [3.63, 3.8) is 0 Å². The van der Waals surface area contributed by atoms with Gasteiger partial charge in [0.05, 0.1) is 10.6 Å². The monoisotopic (exact) mass is 393 g/mol. The molecule has 0 fully saturated rings. The third kappa shape index (κ3) is 6.04. The normalized spacial score (nSPS) is 11.7. The summed E-state index contributed by atoms with van der Waals surface area (Å²) >= 11 is 12.0. The highest BCUT2D eigenvalue weighted by Gasteiger charge is 2.16. The Bertz CT molecular complexity index is 778. The standard InChI is InChI=1S/C20H21Cl2NO3/c1-13(8-9-15-6-4-3-5-7-15)23-19(25)12-26-20-17(14(2)24)10-16(21)11-18(20)22/h3-7,10-11,13H,8-9,12H2,1-2H3,(H,23,25)/t13-/m0/s1. The van der Waals surface area contributed by atoms with E-state index in [1.54, 1.807) is 0 Å². The maximum atomic E-state index is 12.1. The predicted octanol–water partition coefficient (Wildman–Crippen LogP) is 4.71. The Morgan fingerprint density at radius 1 is 1.15 bits per heavy atom. The molecule has 2 rings (SSSR count). The molecule has 0 aliphatic rings. The van der Waals surface area contributed by atoms with E-state index in [1.165, 1.54) is 24.6 Å². The SMILES string of the molecule is CC(=O)c1cc(Cl)cc(Cl)c1OCC(=O)N[C@@H](C)CCc1ccccc1. The molecule has 1 N–H and O–H groups in total. The highest BCUT2D eigenvalue weighted by molar-refractivity contribution is 6.36. The molecule has 6 heteroatoms. The number of rotatable bonds is 8. The van der Waals surface area contributed by atoms with Gasteiger partial charge in [0, 0.05) is 11.1 Å². The van der Waals surface area contributed by atoms with Gasteiger partial charge in [-0.3, -0.25) is 9.59 Å². The van der Waals surface area contributed by atoms with Crippen LogP contribution in [0.25, 0.3) is 0 Å². The number of carbonyl (C=O) groups is 2. The Balaban J connectivity index is 1.88. The van der Waals surface area contributed by atoms with Crippen LogP contribution in [0.1, 0.15) is 36.2 Å². The summed E-state index contributed by atoms with van der Waals surface area (Å²) < 4.78 is 5.49. The van der Waals surface area contributed by atoms with E-state index in [9.17, 15) is 9.59 Å². The van der Waals surface area contributed by atoms with E-state index in [0.717, 1.165) is 12.8 Å². The molecule has 0 saturated carbocycles. The summed E-state index contributed by atoms with van der Waals surface area (Å²) in [5.41, 5.74) is 1.48. The van der Waals surface area contributed by atoms with Gasteiger partial charge in [0.25, 0.3) is 5.91 Å². The second-order valence-electron chi connectivity index (χ2n) is 6.10. The molecule has 0 spiro atoms. The largest absolute Gasteiger partial charge is 0.481 e. The molecule has 0 aliphatic carbocycles. The molecule has 0 heterocycles. The van der Waals surface area contributed by atoms with Gasteiger partial charge in [0.1, 0.15) is 5.75 Å². The van der Waals surface area contributed by atoms with Crippen molar-refractivity contribution >= 4 is 34.9 Å². The number of nitrogens with one attached hydrogen (secondary N) is 1. The summed E-state index contributed by atoms with van der Waals surface area (Å²) in [5, 5.41) is 3.42. The van der Waals surface area contributed by atoms with E-state index in [0.29, 0.717) is 5.02 Å². The molecular weight excluding hydrogens is 373 g/mol. The minimum Gasteiger partial charge on any atom is -0.481 e. The summed E-state index contributed by atoms with van der Waals surface area (Å²) in [5.74, 6) is -0.331. The second-order valence-corrected chi connectivity index (χ2v) is 6.95. The minimum absolute atomic E-state index is 0.000673. The number of Topliss-reactive ketones (excluding diaryl/α,β-unsaturated/α-hetero) is 1. The number of ketones is 1. The first-order valence-corrected chi connectivity index (χ1v) is 9.08. The van der Waals surface area contributed by atoms with Crippen LogP contribution < -0.4 is 10.1 Å². The summed E-state index contributed by atoms with van der Waals surface area (Å²) in [6, 6.07) is 13.0. The van der Waals surface area contributed by atoms with Crippen molar-refractivity contribution in [2.45, 2.75) is 32.7 Å². The third-order valence-electron chi connectivity index (χ3n) is 3.85. The maximum absolute atomic E-state index is 12.1. The first kappa shape index (κ1) is 20.3. The Morgan fingerprint density at radius 2 is 1.85 bits per heavy atom. The average molecular weight is 394 g/mol. The fourth-order valence-corrected chi connectivity index (χ4v) is 3.07. The lowest BCUT2D eigenvalue weighted by Gasteiger charge is -2.16. The fraction of sp³-hybridized carbons (Fsp3) is 0.300. The van der Waals surface area contributed by atoms with E-state index in [2.05, 4.69) is 17.4 Å². The quantitative estimate of drug-likeness (QED) is 0.660. The molecule has 1 atom stereocenters. The van der Waals surface area contributed by atoms with Gasteiger partial charge in [-0.1, -0.05) is 53.5 Å². The lowest BCUT2D eigenvalue weighted by Crippen LogP contribution is -2.36. The van der Waals surface area contributed by atoms with Crippen LogP contribution in [-0.4, -0.2) is 24.3 Å². The van der Waals surface area contributed by atoms with Gasteiger partial charge in [-0.2, -0.15) is 0 Å². The van der Waals surface area contributed by atoms with Gasteiger partial charge < -0.3 is 10.1 Å². The van der Waals surface area contributed by atoms with Crippen LogP contribution in [0, 0.1) is 0 Å². The molecule has 0 aliphatic heterocycles. The zero-order valence-electron chi connectivity index (χ0n) is 14.7. The lowest BCUT2D eigenvalue weighted by atomic mass is 10.1. The Labute approximate surface area is 163 Å². The molecule has 138 valence electrons. The first-order chi connectivity index (χ1) is 12.4. The van der Waals surface area contributed by atoms with Gasteiger partial charge in [-0.05, 0) is 44.4 Å². The molecule has 4 nitrogen and oxygen atoms in total. The van der Waals surface area contributed by atoms with Gasteiger partial charge in [-0.15, -0.1) is 0 Å². The zero-order valence-corrected chi connectivity index (χ0v) is 16.2. The molecule has 1 amide bonds. The molecule has 2 aromatic carbocycles. The smallest absolute Gasteiger partial charge is 0.258 e.